The van der Waals surface area contributed by atoms with Gasteiger partial charge in [0.1, 0.15) is 5.82 Å². The van der Waals surface area contributed by atoms with Crippen LogP contribution < -0.4 is 5.48 Å². The second kappa shape index (κ2) is 7.19. The molecule has 2 N–H and O–H groups in total. The topological polar surface area (TPSA) is 52.6 Å². The molecule has 132 valence electrons. The van der Waals surface area contributed by atoms with Gasteiger partial charge in [-0.3, -0.25) is 10.0 Å². The first-order valence-electron chi connectivity index (χ1n) is 8.95. The summed E-state index contributed by atoms with van der Waals surface area (Å²) >= 11 is 0. The minimum Gasteiger partial charge on any atom is -0.303 e. The molecule has 1 aromatic carbocycles. The number of benzene rings is 1. The van der Waals surface area contributed by atoms with Gasteiger partial charge < -0.3 is 4.90 Å². The zero-order valence-electron chi connectivity index (χ0n) is 14.4. The summed E-state index contributed by atoms with van der Waals surface area (Å²) in [4.78, 5) is 14.0. The molecule has 24 heavy (non-hydrogen) atoms. The van der Waals surface area contributed by atoms with Crippen molar-refractivity contribution in [3.63, 3.8) is 0 Å². The van der Waals surface area contributed by atoms with Crippen LogP contribution >= 0.6 is 0 Å². The maximum absolute atomic E-state index is 13.8. The summed E-state index contributed by atoms with van der Waals surface area (Å²) in [5.41, 5.74) is 3.04. The number of halogens is 1. The maximum Gasteiger partial charge on any atom is 0.274 e. The molecule has 5 heteroatoms. The summed E-state index contributed by atoms with van der Waals surface area (Å²) in [6.07, 6.45) is 9.85. The largest absolute Gasteiger partial charge is 0.303 e. The van der Waals surface area contributed by atoms with Gasteiger partial charge in [-0.25, -0.2) is 9.87 Å². The number of likely N-dealkylation sites (N-methyl/N-ethyl adjacent to an activating group) is 1. The molecule has 1 saturated heterocycles. The fourth-order valence-corrected chi connectivity index (χ4v) is 4.63. The van der Waals surface area contributed by atoms with Gasteiger partial charge in [0.05, 0.1) is 0 Å². The van der Waals surface area contributed by atoms with Crippen LogP contribution in [0.2, 0.25) is 0 Å². The first kappa shape index (κ1) is 17.4. The lowest BCUT2D eigenvalue weighted by atomic mass is 9.68. The van der Waals surface area contributed by atoms with E-state index in [0.29, 0.717) is 11.5 Å². The van der Waals surface area contributed by atoms with Crippen molar-refractivity contribution in [2.24, 2.45) is 5.41 Å². The fraction of sp³-hybridized carbons (Fsp3) is 0.632. The molecule has 2 fully saturated rings. The van der Waals surface area contributed by atoms with Crippen LogP contribution in [0.25, 0.3) is 0 Å². The summed E-state index contributed by atoms with van der Waals surface area (Å²) in [6, 6.07) is 4.70. The Hall–Kier alpha value is -1.46. The second-order valence-electron chi connectivity index (χ2n) is 7.66. The number of carbonyl (C=O) groups is 1. The molecule has 0 aromatic heterocycles. The van der Waals surface area contributed by atoms with E-state index in [4.69, 9.17) is 5.21 Å². The Balaban J connectivity index is 1.68. The van der Waals surface area contributed by atoms with Crippen molar-refractivity contribution in [3.8, 4) is 0 Å². The van der Waals surface area contributed by atoms with Crippen molar-refractivity contribution in [1.82, 2.24) is 10.4 Å². The molecule has 1 unspecified atom stereocenters. The Kier molecular flexibility index (Phi) is 5.21. The summed E-state index contributed by atoms with van der Waals surface area (Å²) in [7, 11) is 2.17. The predicted molar refractivity (Wildman–Crippen MR) is 90.5 cm³/mol. The molecule has 1 aliphatic heterocycles. The molecule has 0 radical (unpaired) electrons. The Labute approximate surface area is 143 Å². The van der Waals surface area contributed by atoms with E-state index < -0.39 is 11.7 Å². The van der Waals surface area contributed by atoms with Gasteiger partial charge in [0.15, 0.2) is 0 Å². The van der Waals surface area contributed by atoms with E-state index in [9.17, 15) is 9.18 Å². The van der Waals surface area contributed by atoms with Gasteiger partial charge in [0.25, 0.3) is 5.91 Å². The van der Waals surface area contributed by atoms with Crippen molar-refractivity contribution < 1.29 is 14.4 Å². The van der Waals surface area contributed by atoms with Crippen molar-refractivity contribution in [1.29, 1.82) is 0 Å². The summed E-state index contributed by atoms with van der Waals surface area (Å²) in [5, 5.41) is 8.74. The van der Waals surface area contributed by atoms with E-state index in [1.165, 1.54) is 44.6 Å². The molecule has 1 heterocycles. The van der Waals surface area contributed by atoms with E-state index >= 15 is 0 Å². The lowest BCUT2D eigenvalue weighted by molar-refractivity contribution is 0.0326. The summed E-state index contributed by atoms with van der Waals surface area (Å²) in [6.45, 7) is 1.12. The minimum atomic E-state index is -0.672. The molecule has 2 aliphatic rings. The van der Waals surface area contributed by atoms with Crippen molar-refractivity contribution in [3.05, 3.63) is 35.1 Å². The number of nitrogens with zero attached hydrogens (tertiary/aromatic N) is 1. The average molecular weight is 334 g/mol. The van der Waals surface area contributed by atoms with Crippen LogP contribution in [0.5, 0.6) is 0 Å². The quantitative estimate of drug-likeness (QED) is 0.657. The van der Waals surface area contributed by atoms with E-state index in [1.54, 1.807) is 11.5 Å². The molecule has 1 saturated carbocycles. The van der Waals surface area contributed by atoms with E-state index in [-0.39, 0.29) is 5.56 Å². The van der Waals surface area contributed by atoms with E-state index in [0.717, 1.165) is 31.0 Å². The molecule has 3 rings (SSSR count). The monoisotopic (exact) mass is 334 g/mol. The van der Waals surface area contributed by atoms with Crippen molar-refractivity contribution in [2.75, 3.05) is 13.6 Å². The van der Waals surface area contributed by atoms with Gasteiger partial charge in [-0.2, -0.15) is 0 Å². The smallest absolute Gasteiger partial charge is 0.274 e. The zero-order chi connectivity index (χ0) is 17.2. The highest BCUT2D eigenvalue weighted by Crippen LogP contribution is 2.44. The van der Waals surface area contributed by atoms with Crippen LogP contribution in [0, 0.1) is 11.2 Å². The number of nitrogens with one attached hydrogen (secondary N) is 1. The lowest BCUT2D eigenvalue weighted by Crippen LogP contribution is -2.48. The van der Waals surface area contributed by atoms with Crippen LogP contribution in [0.1, 0.15) is 60.9 Å². The van der Waals surface area contributed by atoms with Crippen molar-refractivity contribution >= 4 is 5.91 Å². The van der Waals surface area contributed by atoms with Crippen molar-refractivity contribution in [2.45, 2.75) is 57.4 Å². The van der Waals surface area contributed by atoms with Gasteiger partial charge in [-0.1, -0.05) is 19.3 Å². The van der Waals surface area contributed by atoms with Gasteiger partial charge in [0.2, 0.25) is 0 Å². The number of hydrogen-bond donors (Lipinski definition) is 2. The fourth-order valence-electron chi connectivity index (χ4n) is 4.63. The van der Waals surface area contributed by atoms with Crippen LogP contribution in [-0.2, 0) is 6.42 Å². The van der Waals surface area contributed by atoms with Crippen LogP contribution in [0.15, 0.2) is 18.2 Å². The molecule has 1 spiro atoms. The lowest BCUT2D eigenvalue weighted by Gasteiger charge is -2.48. The average Bonchev–Trinajstić information content (AvgIpc) is 2.57. The summed E-state index contributed by atoms with van der Waals surface area (Å²) < 4.78 is 13.8. The molecule has 1 aromatic rings. The third-order valence-corrected chi connectivity index (χ3v) is 5.92. The highest BCUT2D eigenvalue weighted by Gasteiger charge is 2.38. The molecule has 1 aliphatic carbocycles. The van der Waals surface area contributed by atoms with Gasteiger partial charge >= 0.3 is 0 Å². The van der Waals surface area contributed by atoms with Crippen LogP contribution in [0.4, 0.5) is 4.39 Å². The number of carbonyl (C=O) groups excluding carboxylic acids is 1. The Morgan fingerprint density at radius 3 is 2.71 bits per heavy atom. The predicted octanol–water partition coefficient (Wildman–Crippen LogP) is 3.53. The van der Waals surface area contributed by atoms with E-state index in [2.05, 4.69) is 11.9 Å². The van der Waals surface area contributed by atoms with Gasteiger partial charge in [0, 0.05) is 18.2 Å². The third kappa shape index (κ3) is 3.78. The maximum atomic E-state index is 13.8. The number of hydrogen-bond acceptors (Lipinski definition) is 3. The number of amides is 1. The Morgan fingerprint density at radius 1 is 1.29 bits per heavy atom. The first-order chi connectivity index (χ1) is 11.5. The highest BCUT2D eigenvalue weighted by molar-refractivity contribution is 5.93. The summed E-state index contributed by atoms with van der Waals surface area (Å²) in [5.74, 6) is -1.11. The highest BCUT2D eigenvalue weighted by atomic mass is 19.1. The van der Waals surface area contributed by atoms with Crippen LogP contribution in [0.3, 0.4) is 0 Å². The first-order valence-corrected chi connectivity index (χ1v) is 8.95. The SMILES string of the molecule is CN1CC2(CCCCC2)CCC1Cc1cc(F)cc(C(=O)NO)c1. The molecular formula is C19H27FN2O2. The third-order valence-electron chi connectivity index (χ3n) is 5.92. The number of hydroxylamine groups is 1. The molecule has 1 amide bonds. The second-order valence-corrected chi connectivity index (χ2v) is 7.66. The standard InChI is InChI=1S/C19H27FN2O2/c1-22-13-19(6-3-2-4-7-19)8-5-17(22)11-14-9-15(18(23)21-24)12-16(20)10-14/h9-10,12,17,24H,2-8,11,13H2,1H3,(H,21,23). The zero-order valence-corrected chi connectivity index (χ0v) is 14.4. The number of likely N-dealkylation sites (tertiary alicyclic amines) is 1. The molecule has 1 atom stereocenters. The molecular weight excluding hydrogens is 307 g/mol. The molecule has 4 nitrogen and oxygen atoms in total. The van der Waals surface area contributed by atoms with Gasteiger partial charge in [-0.05, 0) is 68.3 Å². The Bertz CT molecular complexity index is 599. The van der Waals surface area contributed by atoms with E-state index in [1.807, 2.05) is 0 Å². The van der Waals surface area contributed by atoms with Crippen LogP contribution in [-0.4, -0.2) is 35.6 Å². The Morgan fingerprint density at radius 2 is 2.04 bits per heavy atom. The number of rotatable bonds is 3. The normalized spacial score (nSPS) is 24.0. The minimum absolute atomic E-state index is 0.162. The number of piperidine rings is 1. The van der Waals surface area contributed by atoms with Gasteiger partial charge in [-0.15, -0.1) is 0 Å². The molecule has 0 bridgehead atoms.